The molecule has 2 aliphatic rings. The zero-order chi connectivity index (χ0) is 21.0. The lowest BCUT2D eigenvalue weighted by molar-refractivity contribution is -0.267. The fourth-order valence-corrected chi connectivity index (χ4v) is 3.10. The number of aliphatic hydroxyl groups is 1. The summed E-state index contributed by atoms with van der Waals surface area (Å²) in [6.07, 6.45) is -1.62. The lowest BCUT2D eigenvalue weighted by Crippen LogP contribution is -2.69. The first-order valence-corrected chi connectivity index (χ1v) is 9.04. The van der Waals surface area contributed by atoms with E-state index in [1.54, 1.807) is 18.2 Å². The van der Waals surface area contributed by atoms with Crippen molar-refractivity contribution in [2.24, 2.45) is 0 Å². The number of nitrogens with two attached hydrogens (primary N) is 1. The van der Waals surface area contributed by atoms with E-state index in [9.17, 15) is 18.3 Å². The Balaban J connectivity index is 1.55. The number of benzene rings is 1. The van der Waals surface area contributed by atoms with Gasteiger partial charge in [0.15, 0.2) is 5.60 Å². The number of β-amino-alcohol motifs (C(OH)–C–C–N with tert-alkyl or cyclic N) is 1. The summed E-state index contributed by atoms with van der Waals surface area (Å²) < 4.78 is 44.4. The minimum Gasteiger partial charge on any atom is -0.488 e. The van der Waals surface area contributed by atoms with Crippen molar-refractivity contribution in [1.29, 1.82) is 5.41 Å². The number of ether oxygens (including phenoxy) is 1. The van der Waals surface area contributed by atoms with Gasteiger partial charge in [0.05, 0.1) is 24.5 Å². The van der Waals surface area contributed by atoms with Crippen LogP contribution in [-0.4, -0.2) is 51.3 Å². The van der Waals surface area contributed by atoms with Gasteiger partial charge in [0, 0.05) is 17.3 Å². The molecule has 0 amide bonds. The number of nitrogens with one attached hydrogen (secondary N) is 1. The number of aromatic nitrogens is 2. The molecule has 1 saturated carbocycles. The maximum absolute atomic E-state index is 12.8. The molecular formula is C19H20F3N5O2. The van der Waals surface area contributed by atoms with Gasteiger partial charge in [-0.1, -0.05) is 0 Å². The quantitative estimate of drug-likeness (QED) is 0.519. The number of nitrogens with zero attached hydrogens (tertiary/aromatic N) is 3. The number of hydrogen-bond acceptors (Lipinski definition) is 7. The van der Waals surface area contributed by atoms with Crippen molar-refractivity contribution in [2.45, 2.75) is 37.1 Å². The maximum atomic E-state index is 12.8. The molecule has 2 heterocycles. The van der Waals surface area contributed by atoms with Crippen LogP contribution in [0, 0.1) is 5.41 Å². The van der Waals surface area contributed by atoms with Crippen LogP contribution in [0.25, 0.3) is 0 Å². The summed E-state index contributed by atoms with van der Waals surface area (Å²) in [6, 6.07) is 6.45. The monoisotopic (exact) mass is 407 g/mol. The summed E-state index contributed by atoms with van der Waals surface area (Å²) in [5.74, 6) is 0.788. The van der Waals surface area contributed by atoms with Gasteiger partial charge in [-0.25, -0.2) is 9.97 Å². The number of hydrogen-bond donors (Lipinski definition) is 3. The highest BCUT2D eigenvalue weighted by Gasteiger charge is 2.61. The van der Waals surface area contributed by atoms with E-state index in [1.807, 2.05) is 6.92 Å². The van der Waals surface area contributed by atoms with Crippen LogP contribution < -0.4 is 15.4 Å². The molecule has 154 valence electrons. The van der Waals surface area contributed by atoms with Crippen molar-refractivity contribution in [3.05, 3.63) is 41.9 Å². The zero-order valence-corrected chi connectivity index (χ0v) is 15.6. The van der Waals surface area contributed by atoms with Crippen molar-refractivity contribution in [3.63, 3.8) is 0 Å². The lowest BCUT2D eigenvalue weighted by atomic mass is 9.93. The average molecular weight is 407 g/mol. The fraction of sp³-hybridized carbons (Fsp3) is 0.421. The Bertz CT molecular complexity index is 969. The van der Waals surface area contributed by atoms with E-state index in [4.69, 9.17) is 15.9 Å². The first kappa shape index (κ1) is 19.4. The fourth-order valence-electron chi connectivity index (χ4n) is 3.10. The summed E-state index contributed by atoms with van der Waals surface area (Å²) in [7, 11) is 0. The van der Waals surface area contributed by atoms with Crippen LogP contribution >= 0.6 is 0 Å². The minimum absolute atomic E-state index is 0.00385. The van der Waals surface area contributed by atoms with Crippen LogP contribution in [0.4, 0.5) is 24.7 Å². The molecule has 1 aromatic heterocycles. The highest BCUT2D eigenvalue weighted by atomic mass is 19.4. The molecule has 7 nitrogen and oxygen atoms in total. The molecule has 2 fully saturated rings. The highest BCUT2D eigenvalue weighted by Crippen LogP contribution is 2.41. The molecule has 0 radical (unpaired) electrons. The first-order chi connectivity index (χ1) is 13.5. The smallest absolute Gasteiger partial charge is 0.420 e. The minimum atomic E-state index is -4.71. The van der Waals surface area contributed by atoms with Crippen LogP contribution in [0.3, 0.4) is 0 Å². The molecule has 4 rings (SSSR count). The zero-order valence-electron chi connectivity index (χ0n) is 15.6. The second-order valence-electron chi connectivity index (χ2n) is 7.82. The third-order valence-electron chi connectivity index (χ3n) is 5.28. The van der Waals surface area contributed by atoms with E-state index in [0.717, 1.165) is 12.8 Å². The van der Waals surface area contributed by atoms with Crippen molar-refractivity contribution in [1.82, 2.24) is 9.97 Å². The molecule has 4 N–H and O–H groups in total. The summed E-state index contributed by atoms with van der Waals surface area (Å²) in [6.45, 7) is 0.759. The van der Waals surface area contributed by atoms with Crippen molar-refractivity contribution >= 4 is 17.2 Å². The number of rotatable bonds is 5. The molecule has 1 aliphatic carbocycles. The van der Waals surface area contributed by atoms with Gasteiger partial charge in [-0.3, -0.25) is 5.41 Å². The summed E-state index contributed by atoms with van der Waals surface area (Å²) in [5.41, 5.74) is 4.06. The van der Waals surface area contributed by atoms with Gasteiger partial charge in [-0.05, 0) is 38.0 Å². The van der Waals surface area contributed by atoms with Gasteiger partial charge in [-0.15, -0.1) is 0 Å². The van der Waals surface area contributed by atoms with Gasteiger partial charge in [0.1, 0.15) is 23.5 Å². The number of nitrogen functional groups attached to an aromatic ring is 1. The molecule has 0 atom stereocenters. The van der Waals surface area contributed by atoms with E-state index >= 15 is 0 Å². The van der Waals surface area contributed by atoms with Crippen LogP contribution in [0.5, 0.6) is 5.75 Å². The Hall–Kier alpha value is -2.88. The lowest BCUT2D eigenvalue weighted by Gasteiger charge is -2.47. The molecule has 0 bridgehead atoms. The molecule has 0 spiro atoms. The molecule has 10 heteroatoms. The number of anilines is 2. The summed E-state index contributed by atoms with van der Waals surface area (Å²) in [5, 5.41) is 18.1. The van der Waals surface area contributed by atoms with Gasteiger partial charge < -0.3 is 20.5 Å². The standard InChI is InChI=1S/C19H20F3N5O2/c1-17(4-5-17)29-11-2-3-13(23)12(6-11)16(24)14-7-15(26-10-25-14)27-8-18(28,9-27)19(20,21)22/h2-3,6-7,10,24,28H,4-5,8-9,23H2,1H3. The summed E-state index contributed by atoms with van der Waals surface area (Å²) >= 11 is 0. The predicted molar refractivity (Wildman–Crippen MR) is 100 cm³/mol. The Morgan fingerprint density at radius 2 is 1.93 bits per heavy atom. The van der Waals surface area contributed by atoms with E-state index in [0.29, 0.717) is 17.0 Å². The molecule has 1 aliphatic heterocycles. The van der Waals surface area contributed by atoms with Gasteiger partial charge in [-0.2, -0.15) is 13.2 Å². The summed E-state index contributed by atoms with van der Waals surface area (Å²) in [4.78, 5) is 9.30. The van der Waals surface area contributed by atoms with Gasteiger partial charge in [0.25, 0.3) is 0 Å². The van der Waals surface area contributed by atoms with Crippen LogP contribution in [0.1, 0.15) is 31.0 Å². The van der Waals surface area contributed by atoms with E-state index in [-0.39, 0.29) is 22.8 Å². The van der Waals surface area contributed by atoms with Gasteiger partial charge in [0.2, 0.25) is 0 Å². The van der Waals surface area contributed by atoms with Crippen LogP contribution in [0.2, 0.25) is 0 Å². The van der Waals surface area contributed by atoms with E-state index in [2.05, 4.69) is 9.97 Å². The molecular weight excluding hydrogens is 387 g/mol. The first-order valence-electron chi connectivity index (χ1n) is 9.04. The topological polar surface area (TPSA) is 108 Å². The largest absolute Gasteiger partial charge is 0.488 e. The number of alkyl halides is 3. The van der Waals surface area contributed by atoms with Crippen LogP contribution in [0.15, 0.2) is 30.6 Å². The normalized spacial score (nSPS) is 19.4. The van der Waals surface area contributed by atoms with E-state index < -0.39 is 24.9 Å². The van der Waals surface area contributed by atoms with E-state index in [1.165, 1.54) is 17.3 Å². The van der Waals surface area contributed by atoms with Crippen LogP contribution in [-0.2, 0) is 0 Å². The Morgan fingerprint density at radius 3 is 2.55 bits per heavy atom. The average Bonchev–Trinajstić information content (AvgIpc) is 3.36. The van der Waals surface area contributed by atoms with Gasteiger partial charge >= 0.3 is 6.18 Å². The maximum Gasteiger partial charge on any atom is 0.420 e. The predicted octanol–water partition coefficient (Wildman–Crippen LogP) is 2.52. The highest BCUT2D eigenvalue weighted by molar-refractivity contribution is 6.13. The molecule has 1 saturated heterocycles. The second kappa shape index (κ2) is 6.31. The SMILES string of the molecule is CC1(Oc2ccc(N)c(C(=N)c3cc(N4CC(O)(C(F)(F)F)C4)ncn3)c2)CC1. The van der Waals surface area contributed by atoms with Crippen molar-refractivity contribution in [3.8, 4) is 5.75 Å². The molecule has 1 aromatic carbocycles. The number of halogens is 3. The molecule has 0 unspecified atom stereocenters. The Kier molecular flexibility index (Phi) is 4.23. The Labute approximate surface area is 164 Å². The third kappa shape index (κ3) is 3.59. The van der Waals surface area contributed by atoms with Crippen molar-refractivity contribution in [2.75, 3.05) is 23.7 Å². The molecule has 2 aromatic rings. The Morgan fingerprint density at radius 1 is 1.24 bits per heavy atom. The van der Waals surface area contributed by atoms with Crippen molar-refractivity contribution < 1.29 is 23.0 Å². The molecule has 29 heavy (non-hydrogen) atoms. The third-order valence-corrected chi connectivity index (χ3v) is 5.28. The second-order valence-corrected chi connectivity index (χ2v) is 7.82.